The molecular weight excluding hydrogens is 216 g/mol. The van der Waals surface area contributed by atoms with Crippen LogP contribution in [0.2, 0.25) is 0 Å². The molecule has 1 aliphatic heterocycles. The highest BCUT2D eigenvalue weighted by atomic mass is 32.2. The molecule has 0 radical (unpaired) electrons. The molecule has 0 bridgehead atoms. The number of nitrogens with one attached hydrogen (secondary N) is 1. The maximum absolute atomic E-state index is 11.6. The average Bonchev–Trinajstić information content (AvgIpc) is 2.14. The van der Waals surface area contributed by atoms with Gasteiger partial charge in [0.25, 0.3) is 0 Å². The summed E-state index contributed by atoms with van der Waals surface area (Å²) < 4.78 is 23.8. The number of hydrogen-bond donors (Lipinski definition) is 1. The van der Waals surface area contributed by atoms with Crippen molar-refractivity contribution in [2.24, 2.45) is 5.92 Å². The van der Waals surface area contributed by atoms with Gasteiger partial charge in [0.1, 0.15) is 0 Å². The van der Waals surface area contributed by atoms with Crippen LogP contribution in [0.5, 0.6) is 0 Å². The lowest BCUT2D eigenvalue weighted by atomic mass is 9.99. The van der Waals surface area contributed by atoms with Crippen LogP contribution in [-0.4, -0.2) is 45.1 Å². The Morgan fingerprint density at radius 1 is 1.40 bits per heavy atom. The topological polar surface area (TPSA) is 66.5 Å². The van der Waals surface area contributed by atoms with Crippen molar-refractivity contribution in [3.8, 4) is 0 Å². The van der Waals surface area contributed by atoms with E-state index >= 15 is 0 Å². The molecule has 1 heterocycles. The SMILES string of the molecule is CC1CCN(C(=O)CNS(C)(=O)=O)CC1. The van der Waals surface area contributed by atoms with Crippen molar-refractivity contribution in [3.05, 3.63) is 0 Å². The van der Waals surface area contributed by atoms with Gasteiger partial charge in [-0.2, -0.15) is 0 Å². The van der Waals surface area contributed by atoms with Crippen molar-refractivity contribution in [3.63, 3.8) is 0 Å². The van der Waals surface area contributed by atoms with Crippen molar-refractivity contribution in [1.29, 1.82) is 0 Å². The van der Waals surface area contributed by atoms with Crippen molar-refractivity contribution >= 4 is 15.9 Å². The molecule has 0 atom stereocenters. The maximum atomic E-state index is 11.6. The number of amides is 1. The largest absolute Gasteiger partial charge is 0.342 e. The summed E-state index contributed by atoms with van der Waals surface area (Å²) in [6.07, 6.45) is 3.06. The molecule has 1 fully saturated rings. The Labute approximate surface area is 90.9 Å². The van der Waals surface area contributed by atoms with E-state index in [4.69, 9.17) is 0 Å². The fourth-order valence-electron chi connectivity index (χ4n) is 1.56. The first-order valence-corrected chi connectivity index (χ1v) is 7.00. The van der Waals surface area contributed by atoms with Gasteiger partial charge in [0, 0.05) is 13.1 Å². The molecule has 0 aliphatic carbocycles. The van der Waals surface area contributed by atoms with Crippen LogP contribution in [0, 0.1) is 5.92 Å². The standard InChI is InChI=1S/C9H18N2O3S/c1-8-3-5-11(6-4-8)9(12)7-10-15(2,13)14/h8,10H,3-7H2,1-2H3. The Bertz CT molecular complexity index is 318. The molecule has 0 aromatic carbocycles. The van der Waals surface area contributed by atoms with Gasteiger partial charge in [0.15, 0.2) is 0 Å². The number of nitrogens with zero attached hydrogens (tertiary/aromatic N) is 1. The lowest BCUT2D eigenvalue weighted by molar-refractivity contribution is -0.131. The fourth-order valence-corrected chi connectivity index (χ4v) is 1.95. The molecule has 1 rings (SSSR count). The smallest absolute Gasteiger partial charge is 0.237 e. The quantitative estimate of drug-likeness (QED) is 0.735. The zero-order chi connectivity index (χ0) is 11.5. The van der Waals surface area contributed by atoms with E-state index in [1.54, 1.807) is 4.90 Å². The molecule has 6 heteroatoms. The van der Waals surface area contributed by atoms with E-state index in [1.165, 1.54) is 0 Å². The molecule has 0 saturated carbocycles. The Balaban J connectivity index is 2.35. The second-order valence-corrected chi connectivity index (χ2v) is 5.99. The second kappa shape index (κ2) is 4.94. The maximum Gasteiger partial charge on any atom is 0.237 e. The van der Waals surface area contributed by atoms with Crippen LogP contribution >= 0.6 is 0 Å². The summed E-state index contributed by atoms with van der Waals surface area (Å²) in [4.78, 5) is 13.3. The van der Waals surface area contributed by atoms with E-state index in [1.807, 2.05) is 0 Å². The summed E-state index contributed by atoms with van der Waals surface area (Å²) in [5.74, 6) is 0.532. The van der Waals surface area contributed by atoms with Gasteiger partial charge in [-0.25, -0.2) is 13.1 Å². The van der Waals surface area contributed by atoms with Gasteiger partial charge in [-0.3, -0.25) is 4.79 Å². The van der Waals surface area contributed by atoms with Crippen LogP contribution in [0.3, 0.4) is 0 Å². The monoisotopic (exact) mass is 234 g/mol. The van der Waals surface area contributed by atoms with Gasteiger partial charge >= 0.3 is 0 Å². The lowest BCUT2D eigenvalue weighted by Crippen LogP contribution is -2.43. The molecule has 0 aromatic heterocycles. The molecule has 0 spiro atoms. The summed E-state index contributed by atoms with van der Waals surface area (Å²) in [6, 6.07) is 0. The van der Waals surface area contributed by atoms with Crippen molar-refractivity contribution < 1.29 is 13.2 Å². The van der Waals surface area contributed by atoms with Crippen molar-refractivity contribution in [2.45, 2.75) is 19.8 Å². The Kier molecular flexibility index (Phi) is 4.10. The molecule has 88 valence electrons. The van der Waals surface area contributed by atoms with Gasteiger partial charge in [-0.05, 0) is 18.8 Å². The summed E-state index contributed by atoms with van der Waals surface area (Å²) in [7, 11) is -3.27. The fraction of sp³-hybridized carbons (Fsp3) is 0.889. The Hall–Kier alpha value is -0.620. The third-order valence-electron chi connectivity index (χ3n) is 2.62. The number of piperidine rings is 1. The normalized spacial score (nSPS) is 19.2. The van der Waals surface area contributed by atoms with Gasteiger partial charge < -0.3 is 4.90 Å². The van der Waals surface area contributed by atoms with Crippen LogP contribution in [0.4, 0.5) is 0 Å². The minimum absolute atomic E-state index is 0.118. The number of sulfonamides is 1. The first kappa shape index (κ1) is 12.4. The van der Waals surface area contributed by atoms with Gasteiger partial charge in [0.2, 0.25) is 15.9 Å². The van der Waals surface area contributed by atoms with Gasteiger partial charge in [0.05, 0.1) is 12.8 Å². The minimum Gasteiger partial charge on any atom is -0.342 e. The summed E-state index contributed by atoms with van der Waals surface area (Å²) in [5.41, 5.74) is 0. The highest BCUT2D eigenvalue weighted by Gasteiger charge is 2.20. The number of carbonyl (C=O) groups is 1. The lowest BCUT2D eigenvalue weighted by Gasteiger charge is -2.30. The van der Waals surface area contributed by atoms with Gasteiger partial charge in [-0.15, -0.1) is 0 Å². The summed E-state index contributed by atoms with van der Waals surface area (Å²) in [6.45, 7) is 3.53. The molecule has 1 N–H and O–H groups in total. The van der Waals surface area contributed by atoms with E-state index in [-0.39, 0.29) is 12.5 Å². The predicted octanol–water partition coefficient (Wildman–Crippen LogP) is -0.206. The molecule has 5 nitrogen and oxygen atoms in total. The number of hydrogen-bond acceptors (Lipinski definition) is 3. The number of carbonyl (C=O) groups excluding carboxylic acids is 1. The number of likely N-dealkylation sites (tertiary alicyclic amines) is 1. The first-order valence-electron chi connectivity index (χ1n) is 5.11. The third-order valence-corrected chi connectivity index (χ3v) is 3.29. The zero-order valence-corrected chi connectivity index (χ0v) is 10.0. The minimum atomic E-state index is -3.27. The van der Waals surface area contributed by atoms with Crippen LogP contribution in [0.15, 0.2) is 0 Å². The molecule has 1 saturated heterocycles. The highest BCUT2D eigenvalue weighted by Crippen LogP contribution is 2.15. The Morgan fingerprint density at radius 2 is 1.93 bits per heavy atom. The predicted molar refractivity (Wildman–Crippen MR) is 57.8 cm³/mol. The molecule has 1 aliphatic rings. The van der Waals surface area contributed by atoms with Crippen LogP contribution in [0.1, 0.15) is 19.8 Å². The van der Waals surface area contributed by atoms with Crippen molar-refractivity contribution in [2.75, 3.05) is 25.9 Å². The highest BCUT2D eigenvalue weighted by molar-refractivity contribution is 7.88. The van der Waals surface area contributed by atoms with Crippen molar-refractivity contribution in [1.82, 2.24) is 9.62 Å². The summed E-state index contributed by atoms with van der Waals surface area (Å²) >= 11 is 0. The molecule has 15 heavy (non-hydrogen) atoms. The van der Waals surface area contributed by atoms with E-state index in [0.29, 0.717) is 5.92 Å². The van der Waals surface area contributed by atoms with Crippen LogP contribution in [0.25, 0.3) is 0 Å². The average molecular weight is 234 g/mol. The molecule has 0 unspecified atom stereocenters. The summed E-state index contributed by atoms with van der Waals surface area (Å²) in [5, 5.41) is 0. The molecule has 1 amide bonds. The van der Waals surface area contributed by atoms with Crippen LogP contribution < -0.4 is 4.72 Å². The molecule has 0 aromatic rings. The molecular formula is C9H18N2O3S. The zero-order valence-electron chi connectivity index (χ0n) is 9.19. The number of rotatable bonds is 3. The first-order chi connectivity index (χ1) is 6.88. The van der Waals surface area contributed by atoms with E-state index in [9.17, 15) is 13.2 Å². The van der Waals surface area contributed by atoms with E-state index < -0.39 is 10.0 Å². The Morgan fingerprint density at radius 3 is 2.40 bits per heavy atom. The third kappa shape index (κ3) is 4.61. The van der Waals surface area contributed by atoms with Gasteiger partial charge in [-0.1, -0.05) is 6.92 Å². The van der Waals surface area contributed by atoms with Crippen LogP contribution in [-0.2, 0) is 14.8 Å². The van der Waals surface area contributed by atoms with E-state index in [2.05, 4.69) is 11.6 Å². The second-order valence-electron chi connectivity index (χ2n) is 4.16. The van der Waals surface area contributed by atoms with E-state index in [0.717, 1.165) is 32.2 Å².